The van der Waals surface area contributed by atoms with E-state index in [2.05, 4.69) is 15.6 Å². The van der Waals surface area contributed by atoms with Gasteiger partial charge in [0.05, 0.1) is 6.61 Å². The van der Waals surface area contributed by atoms with Crippen LogP contribution in [0.1, 0.15) is 15.9 Å². The van der Waals surface area contributed by atoms with Crippen LogP contribution in [0.15, 0.2) is 72.9 Å². The number of hydrogen-bond acceptors (Lipinski definition) is 5. The average molecular weight is 377 g/mol. The minimum absolute atomic E-state index is 0.160. The first-order chi connectivity index (χ1) is 13.7. The molecule has 1 aromatic heterocycles. The molecule has 1 amide bonds. The molecule has 0 unspecified atom stereocenters. The molecule has 0 atom stereocenters. The summed E-state index contributed by atoms with van der Waals surface area (Å²) in [6, 6.07) is 21.0. The highest BCUT2D eigenvalue weighted by atomic mass is 16.5. The van der Waals surface area contributed by atoms with Gasteiger partial charge in [0, 0.05) is 31.1 Å². The van der Waals surface area contributed by atoms with Crippen molar-refractivity contribution in [2.24, 2.45) is 0 Å². The van der Waals surface area contributed by atoms with Gasteiger partial charge in [0.2, 0.25) is 0 Å². The number of amides is 1. The number of ether oxygens (including phenoxy) is 2. The molecular weight excluding hydrogens is 354 g/mol. The van der Waals surface area contributed by atoms with Crippen LogP contribution >= 0.6 is 0 Å². The lowest BCUT2D eigenvalue weighted by atomic mass is 10.2. The molecule has 6 nitrogen and oxygen atoms in total. The zero-order valence-corrected chi connectivity index (χ0v) is 15.7. The molecule has 144 valence electrons. The molecule has 0 spiro atoms. The lowest BCUT2D eigenvalue weighted by Gasteiger charge is -2.10. The van der Waals surface area contributed by atoms with Gasteiger partial charge < -0.3 is 20.1 Å². The zero-order chi connectivity index (χ0) is 19.6. The Hall–Kier alpha value is -3.38. The topological polar surface area (TPSA) is 72.5 Å². The van der Waals surface area contributed by atoms with E-state index >= 15 is 0 Å². The summed E-state index contributed by atoms with van der Waals surface area (Å²) in [7, 11) is 1.60. The average Bonchev–Trinajstić information content (AvgIpc) is 2.74. The first kappa shape index (κ1) is 19.4. The van der Waals surface area contributed by atoms with Crippen LogP contribution in [0.5, 0.6) is 5.75 Å². The number of aromatic nitrogens is 1. The Balaban J connectivity index is 1.56. The van der Waals surface area contributed by atoms with Crippen molar-refractivity contribution in [3.8, 4) is 5.75 Å². The van der Waals surface area contributed by atoms with Crippen LogP contribution in [0, 0.1) is 0 Å². The second kappa shape index (κ2) is 10.1. The third-order valence-corrected chi connectivity index (χ3v) is 3.99. The van der Waals surface area contributed by atoms with Crippen molar-refractivity contribution < 1.29 is 14.3 Å². The van der Waals surface area contributed by atoms with Gasteiger partial charge in [-0.05, 0) is 42.0 Å². The Morgan fingerprint density at radius 3 is 2.57 bits per heavy atom. The second-order valence-electron chi connectivity index (χ2n) is 6.10. The van der Waals surface area contributed by atoms with Gasteiger partial charge in [0.1, 0.15) is 18.2 Å². The van der Waals surface area contributed by atoms with E-state index in [-0.39, 0.29) is 5.91 Å². The molecule has 0 aliphatic rings. The molecule has 0 saturated heterocycles. The molecule has 0 fully saturated rings. The van der Waals surface area contributed by atoms with E-state index in [1.807, 2.05) is 54.6 Å². The number of hydrogen-bond donors (Lipinski definition) is 2. The van der Waals surface area contributed by atoms with Crippen LogP contribution in [-0.2, 0) is 11.3 Å². The fraction of sp³-hybridized carbons (Fsp3) is 0.182. The first-order valence-corrected chi connectivity index (χ1v) is 9.01. The summed E-state index contributed by atoms with van der Waals surface area (Å²) < 4.78 is 10.7. The Kier molecular flexibility index (Phi) is 6.98. The van der Waals surface area contributed by atoms with Gasteiger partial charge in [-0.3, -0.25) is 4.79 Å². The summed E-state index contributed by atoms with van der Waals surface area (Å²) in [5.74, 6) is 1.22. The number of nitrogens with one attached hydrogen (secondary N) is 2. The van der Waals surface area contributed by atoms with E-state index < -0.39 is 0 Å². The number of benzene rings is 2. The van der Waals surface area contributed by atoms with Crippen molar-refractivity contribution in [2.45, 2.75) is 6.61 Å². The third kappa shape index (κ3) is 5.82. The zero-order valence-electron chi connectivity index (χ0n) is 15.7. The highest BCUT2D eigenvalue weighted by Gasteiger charge is 2.07. The van der Waals surface area contributed by atoms with Gasteiger partial charge in [0.15, 0.2) is 0 Å². The van der Waals surface area contributed by atoms with Gasteiger partial charge in [0.25, 0.3) is 5.91 Å². The van der Waals surface area contributed by atoms with Crippen LogP contribution in [-0.4, -0.2) is 31.2 Å². The monoisotopic (exact) mass is 377 g/mol. The van der Waals surface area contributed by atoms with Crippen LogP contribution < -0.4 is 15.4 Å². The fourth-order valence-corrected chi connectivity index (χ4v) is 2.53. The normalized spacial score (nSPS) is 10.3. The molecule has 3 rings (SSSR count). The van der Waals surface area contributed by atoms with E-state index in [4.69, 9.17) is 9.47 Å². The standard InChI is InChI=1S/C22H23N3O3/c1-27-14-13-24-22(26)18-11-12-23-21(15-18)25-19-7-9-20(10-8-19)28-16-17-5-3-2-4-6-17/h2-12,15H,13-14,16H2,1H3,(H,23,25)(H,24,26). The summed E-state index contributed by atoms with van der Waals surface area (Å²) >= 11 is 0. The molecule has 28 heavy (non-hydrogen) atoms. The minimum atomic E-state index is -0.160. The predicted molar refractivity (Wildman–Crippen MR) is 109 cm³/mol. The van der Waals surface area contributed by atoms with Gasteiger partial charge in [-0.25, -0.2) is 4.98 Å². The summed E-state index contributed by atoms with van der Waals surface area (Å²) in [5, 5.41) is 5.99. The van der Waals surface area contributed by atoms with Crippen LogP contribution in [0.2, 0.25) is 0 Å². The third-order valence-electron chi connectivity index (χ3n) is 3.99. The quantitative estimate of drug-likeness (QED) is 0.555. The van der Waals surface area contributed by atoms with Crippen molar-refractivity contribution in [3.05, 3.63) is 84.1 Å². The van der Waals surface area contributed by atoms with Crippen molar-refractivity contribution in [3.63, 3.8) is 0 Å². The number of anilines is 2. The molecule has 0 aliphatic heterocycles. The van der Waals surface area contributed by atoms with Crippen molar-refractivity contribution >= 4 is 17.4 Å². The smallest absolute Gasteiger partial charge is 0.251 e. The molecule has 2 N–H and O–H groups in total. The summed E-state index contributed by atoms with van der Waals surface area (Å²) in [5.41, 5.74) is 2.52. The van der Waals surface area contributed by atoms with Crippen molar-refractivity contribution in [1.82, 2.24) is 10.3 Å². The number of carbonyl (C=O) groups is 1. The van der Waals surface area contributed by atoms with E-state index in [9.17, 15) is 4.79 Å². The first-order valence-electron chi connectivity index (χ1n) is 9.01. The molecule has 1 heterocycles. The number of pyridine rings is 1. The maximum atomic E-state index is 12.1. The van der Waals surface area contributed by atoms with Gasteiger partial charge in [-0.1, -0.05) is 30.3 Å². The van der Waals surface area contributed by atoms with E-state index in [0.29, 0.717) is 31.1 Å². The highest BCUT2D eigenvalue weighted by Crippen LogP contribution is 2.20. The number of carbonyl (C=O) groups excluding carboxylic acids is 1. The van der Waals surface area contributed by atoms with E-state index in [1.54, 1.807) is 25.4 Å². The molecule has 2 aromatic carbocycles. The highest BCUT2D eigenvalue weighted by molar-refractivity contribution is 5.94. The SMILES string of the molecule is COCCNC(=O)c1ccnc(Nc2ccc(OCc3ccccc3)cc2)c1. The van der Waals surface area contributed by atoms with Gasteiger partial charge >= 0.3 is 0 Å². The maximum Gasteiger partial charge on any atom is 0.251 e. The molecule has 0 radical (unpaired) electrons. The van der Waals surface area contributed by atoms with Gasteiger partial charge in [-0.2, -0.15) is 0 Å². The Morgan fingerprint density at radius 1 is 1.04 bits per heavy atom. The number of nitrogens with zero attached hydrogens (tertiary/aromatic N) is 1. The van der Waals surface area contributed by atoms with Crippen molar-refractivity contribution in [1.29, 1.82) is 0 Å². The molecule has 0 saturated carbocycles. The minimum Gasteiger partial charge on any atom is -0.489 e. The fourth-order valence-electron chi connectivity index (χ4n) is 2.53. The lowest BCUT2D eigenvalue weighted by molar-refractivity contribution is 0.0937. The molecule has 0 bridgehead atoms. The number of rotatable bonds is 9. The van der Waals surface area contributed by atoms with E-state index in [1.165, 1.54) is 0 Å². The van der Waals surface area contributed by atoms with Crippen LogP contribution in [0.3, 0.4) is 0 Å². The molecule has 6 heteroatoms. The lowest BCUT2D eigenvalue weighted by Crippen LogP contribution is -2.26. The van der Waals surface area contributed by atoms with Gasteiger partial charge in [-0.15, -0.1) is 0 Å². The summed E-state index contributed by atoms with van der Waals surface area (Å²) in [6.45, 7) is 1.46. The predicted octanol–water partition coefficient (Wildman–Crippen LogP) is 3.78. The number of methoxy groups -OCH3 is 1. The summed E-state index contributed by atoms with van der Waals surface area (Å²) in [4.78, 5) is 16.4. The molecule has 0 aliphatic carbocycles. The van der Waals surface area contributed by atoms with Crippen LogP contribution in [0.25, 0.3) is 0 Å². The molecular formula is C22H23N3O3. The van der Waals surface area contributed by atoms with Crippen molar-refractivity contribution in [2.75, 3.05) is 25.6 Å². The largest absolute Gasteiger partial charge is 0.489 e. The van der Waals surface area contributed by atoms with Crippen LogP contribution in [0.4, 0.5) is 11.5 Å². The van der Waals surface area contributed by atoms with E-state index in [0.717, 1.165) is 17.0 Å². The molecule has 3 aromatic rings. The second-order valence-corrected chi connectivity index (χ2v) is 6.10. The Bertz CT molecular complexity index is 883. The maximum absolute atomic E-state index is 12.1. The Morgan fingerprint density at radius 2 is 1.82 bits per heavy atom. The Labute approximate surface area is 164 Å². The summed E-state index contributed by atoms with van der Waals surface area (Å²) in [6.07, 6.45) is 1.60.